The standard InChI is InChI=1S/C14H26ClN3O2/c1-4-5-16-12(19)10-17-6-8-18(9-7-17)13(20)14(2,3)11-15/h4-11H2,1-3H3,(H,16,19). The number of alkyl halides is 1. The van der Waals surface area contributed by atoms with Gasteiger partial charge in [-0.3, -0.25) is 14.5 Å². The lowest BCUT2D eigenvalue weighted by atomic mass is 9.94. The molecule has 116 valence electrons. The van der Waals surface area contributed by atoms with E-state index < -0.39 is 5.41 Å². The molecular formula is C14H26ClN3O2. The molecule has 1 aliphatic rings. The number of nitrogens with one attached hydrogen (secondary N) is 1. The Morgan fingerprint density at radius 2 is 1.80 bits per heavy atom. The minimum absolute atomic E-state index is 0.0627. The molecule has 5 nitrogen and oxygen atoms in total. The maximum atomic E-state index is 12.3. The summed E-state index contributed by atoms with van der Waals surface area (Å²) in [4.78, 5) is 27.8. The van der Waals surface area contributed by atoms with E-state index in [9.17, 15) is 9.59 Å². The van der Waals surface area contributed by atoms with Gasteiger partial charge in [0.15, 0.2) is 0 Å². The topological polar surface area (TPSA) is 52.7 Å². The first kappa shape index (κ1) is 17.2. The molecule has 1 fully saturated rings. The minimum Gasteiger partial charge on any atom is -0.355 e. The average Bonchev–Trinajstić information content (AvgIpc) is 2.45. The SMILES string of the molecule is CCCNC(=O)CN1CCN(C(=O)C(C)(C)CCl)CC1. The Morgan fingerprint density at radius 1 is 1.20 bits per heavy atom. The van der Waals surface area contributed by atoms with Gasteiger partial charge in [0.25, 0.3) is 0 Å². The fourth-order valence-electron chi connectivity index (χ4n) is 2.12. The third-order valence-electron chi connectivity index (χ3n) is 3.51. The minimum atomic E-state index is -0.512. The van der Waals surface area contributed by atoms with E-state index in [1.165, 1.54) is 0 Å². The first-order valence-electron chi connectivity index (χ1n) is 7.25. The van der Waals surface area contributed by atoms with Crippen molar-refractivity contribution in [3.05, 3.63) is 0 Å². The van der Waals surface area contributed by atoms with Crippen LogP contribution < -0.4 is 5.32 Å². The molecule has 0 radical (unpaired) electrons. The van der Waals surface area contributed by atoms with Gasteiger partial charge in [-0.2, -0.15) is 0 Å². The van der Waals surface area contributed by atoms with Crippen molar-refractivity contribution >= 4 is 23.4 Å². The van der Waals surface area contributed by atoms with Gasteiger partial charge in [-0.05, 0) is 20.3 Å². The van der Waals surface area contributed by atoms with E-state index in [2.05, 4.69) is 10.2 Å². The van der Waals surface area contributed by atoms with E-state index in [-0.39, 0.29) is 11.8 Å². The number of amides is 2. The third kappa shape index (κ3) is 4.94. The highest BCUT2D eigenvalue weighted by molar-refractivity contribution is 6.19. The second-order valence-corrected chi connectivity index (χ2v) is 6.20. The largest absolute Gasteiger partial charge is 0.355 e. The molecule has 1 N–H and O–H groups in total. The second kappa shape index (κ2) is 7.84. The van der Waals surface area contributed by atoms with E-state index in [1.807, 2.05) is 25.7 Å². The number of rotatable bonds is 6. The van der Waals surface area contributed by atoms with Crippen LogP contribution in [0.3, 0.4) is 0 Å². The monoisotopic (exact) mass is 303 g/mol. The Kier molecular flexibility index (Phi) is 6.76. The summed E-state index contributed by atoms with van der Waals surface area (Å²) in [6, 6.07) is 0. The highest BCUT2D eigenvalue weighted by atomic mass is 35.5. The number of carbonyl (C=O) groups is 2. The highest BCUT2D eigenvalue weighted by Crippen LogP contribution is 2.21. The number of hydrogen-bond donors (Lipinski definition) is 1. The second-order valence-electron chi connectivity index (χ2n) is 5.94. The summed E-state index contributed by atoms with van der Waals surface area (Å²) in [5, 5.41) is 2.87. The van der Waals surface area contributed by atoms with E-state index in [0.717, 1.165) is 26.1 Å². The molecule has 0 aromatic carbocycles. The first-order valence-corrected chi connectivity index (χ1v) is 7.78. The van der Waals surface area contributed by atoms with Gasteiger partial charge in [0.2, 0.25) is 11.8 Å². The average molecular weight is 304 g/mol. The summed E-state index contributed by atoms with van der Waals surface area (Å²) in [6.07, 6.45) is 0.946. The molecule has 1 saturated heterocycles. The molecule has 0 aliphatic carbocycles. The van der Waals surface area contributed by atoms with Gasteiger partial charge in [-0.25, -0.2) is 0 Å². The molecule has 1 heterocycles. The van der Waals surface area contributed by atoms with Crippen molar-refractivity contribution in [2.24, 2.45) is 5.41 Å². The number of piperazine rings is 1. The maximum absolute atomic E-state index is 12.3. The van der Waals surface area contributed by atoms with E-state index in [4.69, 9.17) is 11.6 Å². The van der Waals surface area contributed by atoms with Gasteiger partial charge in [-0.1, -0.05) is 6.92 Å². The molecule has 0 saturated carbocycles. The van der Waals surface area contributed by atoms with E-state index >= 15 is 0 Å². The maximum Gasteiger partial charge on any atom is 0.234 e. The summed E-state index contributed by atoms with van der Waals surface area (Å²) in [7, 11) is 0. The molecule has 20 heavy (non-hydrogen) atoms. The highest BCUT2D eigenvalue weighted by Gasteiger charge is 2.33. The van der Waals surface area contributed by atoms with Crippen LogP contribution in [0.2, 0.25) is 0 Å². The van der Waals surface area contributed by atoms with Crippen LogP contribution in [-0.2, 0) is 9.59 Å². The van der Waals surface area contributed by atoms with Gasteiger partial charge in [-0.15, -0.1) is 11.6 Å². The molecule has 0 unspecified atom stereocenters. The molecule has 2 amide bonds. The van der Waals surface area contributed by atoms with Gasteiger partial charge in [0, 0.05) is 38.6 Å². The van der Waals surface area contributed by atoms with Crippen molar-refractivity contribution in [1.82, 2.24) is 15.1 Å². The summed E-state index contributed by atoms with van der Waals surface area (Å²) in [6.45, 7) is 9.72. The van der Waals surface area contributed by atoms with Gasteiger partial charge in [0.1, 0.15) is 0 Å². The number of carbonyl (C=O) groups excluding carboxylic acids is 2. The normalized spacial score (nSPS) is 17.1. The van der Waals surface area contributed by atoms with Gasteiger partial charge in [0.05, 0.1) is 12.0 Å². The van der Waals surface area contributed by atoms with Crippen molar-refractivity contribution < 1.29 is 9.59 Å². The van der Waals surface area contributed by atoms with Crippen molar-refractivity contribution in [3.8, 4) is 0 Å². The van der Waals surface area contributed by atoms with Crippen LogP contribution in [0.4, 0.5) is 0 Å². The zero-order chi connectivity index (χ0) is 15.2. The number of nitrogens with zero attached hydrogens (tertiary/aromatic N) is 2. The molecular weight excluding hydrogens is 278 g/mol. The fourth-order valence-corrected chi connectivity index (χ4v) is 2.23. The Labute approximate surface area is 126 Å². The van der Waals surface area contributed by atoms with Crippen LogP contribution in [0.1, 0.15) is 27.2 Å². The van der Waals surface area contributed by atoms with Crippen molar-refractivity contribution in [3.63, 3.8) is 0 Å². The third-order valence-corrected chi connectivity index (χ3v) is 4.18. The lowest BCUT2D eigenvalue weighted by Crippen LogP contribution is -2.54. The van der Waals surface area contributed by atoms with Gasteiger partial charge < -0.3 is 10.2 Å². The number of halogens is 1. The molecule has 0 atom stereocenters. The number of hydrogen-bond acceptors (Lipinski definition) is 3. The molecule has 6 heteroatoms. The quantitative estimate of drug-likeness (QED) is 0.743. The molecule has 1 rings (SSSR count). The molecule has 0 bridgehead atoms. The van der Waals surface area contributed by atoms with Crippen molar-refractivity contribution in [2.45, 2.75) is 27.2 Å². The Morgan fingerprint density at radius 3 is 2.30 bits per heavy atom. The fraction of sp³-hybridized carbons (Fsp3) is 0.857. The predicted octanol–water partition coefficient (Wildman–Crippen LogP) is 0.922. The van der Waals surface area contributed by atoms with Crippen LogP contribution in [0.15, 0.2) is 0 Å². The van der Waals surface area contributed by atoms with Crippen LogP contribution in [0, 0.1) is 5.41 Å². The lowest BCUT2D eigenvalue weighted by Gasteiger charge is -2.37. The Bertz CT molecular complexity index is 339. The zero-order valence-corrected chi connectivity index (χ0v) is 13.5. The van der Waals surface area contributed by atoms with Gasteiger partial charge >= 0.3 is 0 Å². The lowest BCUT2D eigenvalue weighted by molar-refractivity contribution is -0.141. The van der Waals surface area contributed by atoms with Crippen molar-refractivity contribution in [1.29, 1.82) is 0 Å². The van der Waals surface area contributed by atoms with E-state index in [0.29, 0.717) is 25.5 Å². The Balaban J connectivity index is 2.36. The smallest absolute Gasteiger partial charge is 0.234 e. The molecule has 1 aliphatic heterocycles. The summed E-state index contributed by atoms with van der Waals surface area (Å²) < 4.78 is 0. The summed E-state index contributed by atoms with van der Waals surface area (Å²) in [5.41, 5.74) is -0.512. The Hall–Kier alpha value is -0.810. The first-order chi connectivity index (χ1) is 9.40. The van der Waals surface area contributed by atoms with Crippen LogP contribution in [-0.4, -0.2) is 66.8 Å². The van der Waals surface area contributed by atoms with Crippen LogP contribution in [0.5, 0.6) is 0 Å². The molecule has 0 aromatic rings. The zero-order valence-electron chi connectivity index (χ0n) is 12.7. The van der Waals surface area contributed by atoms with Crippen molar-refractivity contribution in [2.75, 3.05) is 45.1 Å². The molecule has 0 aromatic heterocycles. The summed E-state index contributed by atoms with van der Waals surface area (Å²) >= 11 is 5.84. The van der Waals surface area contributed by atoms with E-state index in [1.54, 1.807) is 0 Å². The summed E-state index contributed by atoms with van der Waals surface area (Å²) in [5.74, 6) is 0.487. The molecule has 0 spiro atoms. The predicted molar refractivity (Wildman–Crippen MR) is 80.8 cm³/mol. The van der Waals surface area contributed by atoms with Crippen LogP contribution >= 0.6 is 11.6 Å². The van der Waals surface area contributed by atoms with Crippen LogP contribution in [0.25, 0.3) is 0 Å².